The van der Waals surface area contributed by atoms with E-state index < -0.39 is 0 Å². The number of aromatic nitrogens is 4. The summed E-state index contributed by atoms with van der Waals surface area (Å²) in [5.74, 6) is 2.38. The van der Waals surface area contributed by atoms with Gasteiger partial charge in [0.15, 0.2) is 11.5 Å². The number of carbonyl (C=O) groups is 1. The average molecular weight is 522 g/mol. The Hall–Kier alpha value is -4.22. The quantitative estimate of drug-likeness (QED) is 0.357. The molecule has 1 aliphatic rings. The van der Waals surface area contributed by atoms with Crippen LogP contribution in [-0.2, 0) is 9.47 Å². The number of hydrogen-bond donors (Lipinski definition) is 1. The highest BCUT2D eigenvalue weighted by Gasteiger charge is 2.23. The Morgan fingerprint density at radius 2 is 1.84 bits per heavy atom. The summed E-state index contributed by atoms with van der Waals surface area (Å²) in [6, 6.07) is 10.5. The lowest BCUT2D eigenvalue weighted by atomic mass is 10.2. The number of amides is 1. The van der Waals surface area contributed by atoms with Gasteiger partial charge in [-0.15, -0.1) is 0 Å². The van der Waals surface area contributed by atoms with Gasteiger partial charge in [-0.3, -0.25) is 14.5 Å². The van der Waals surface area contributed by atoms with E-state index in [1.165, 1.54) is 0 Å². The predicted octanol–water partition coefficient (Wildman–Crippen LogP) is 4.50. The molecule has 1 amide bonds. The van der Waals surface area contributed by atoms with Crippen molar-refractivity contribution in [3.8, 4) is 23.0 Å². The Morgan fingerprint density at radius 1 is 1.05 bits per heavy atom. The number of nitrogens with zero attached hydrogens (tertiary/aromatic N) is 4. The molecular weight excluding hydrogens is 490 g/mol. The minimum Gasteiger partial charge on any atom is -0.493 e. The summed E-state index contributed by atoms with van der Waals surface area (Å²) in [4.78, 5) is 21.5. The van der Waals surface area contributed by atoms with Crippen LogP contribution in [0.15, 0.2) is 55.0 Å². The van der Waals surface area contributed by atoms with Crippen LogP contribution < -0.4 is 19.5 Å². The standard InChI is InChI=1S/C24H23N5O5.C3H8O/c1-31-21-11-17-18(12-22(21)32-2)25-8-6-20(17)34-16-3-4-23(26-13-16)28-24(30)19-5-9-27-29(19)15-7-10-33-14-15;1-3-4-2/h3-6,8-9,11-13,15H,7,10,14H2,1-2H3,(H,26,28,30);3H2,1-2H3. The van der Waals surface area contributed by atoms with Crippen molar-refractivity contribution in [2.45, 2.75) is 19.4 Å². The lowest BCUT2D eigenvalue weighted by Crippen LogP contribution is -2.21. The molecule has 1 N–H and O–H groups in total. The van der Waals surface area contributed by atoms with E-state index in [2.05, 4.69) is 25.1 Å². The van der Waals surface area contributed by atoms with Gasteiger partial charge in [0.05, 0.1) is 38.6 Å². The maximum Gasteiger partial charge on any atom is 0.275 e. The molecule has 0 bridgehead atoms. The van der Waals surface area contributed by atoms with Gasteiger partial charge in [-0.1, -0.05) is 0 Å². The first-order valence-corrected chi connectivity index (χ1v) is 12.1. The minimum atomic E-state index is -0.285. The molecule has 11 heteroatoms. The molecule has 1 atom stereocenters. The summed E-state index contributed by atoms with van der Waals surface area (Å²) < 4.78 is 28.5. The number of methoxy groups -OCH3 is 3. The third kappa shape index (κ3) is 6.18. The van der Waals surface area contributed by atoms with Crippen LogP contribution in [0.5, 0.6) is 23.0 Å². The molecule has 0 aliphatic carbocycles. The minimum absolute atomic E-state index is 0.0632. The van der Waals surface area contributed by atoms with E-state index in [4.69, 9.17) is 18.9 Å². The molecule has 11 nitrogen and oxygen atoms in total. The number of nitrogens with one attached hydrogen (secondary N) is 1. The third-order valence-electron chi connectivity index (χ3n) is 5.86. The van der Waals surface area contributed by atoms with E-state index in [9.17, 15) is 4.79 Å². The summed E-state index contributed by atoms with van der Waals surface area (Å²) in [6.45, 7) is 4.00. The average Bonchev–Trinajstić information content (AvgIpc) is 3.66. The molecule has 3 aromatic heterocycles. The van der Waals surface area contributed by atoms with Crippen LogP contribution in [0.3, 0.4) is 0 Å². The third-order valence-corrected chi connectivity index (χ3v) is 5.86. The lowest BCUT2D eigenvalue weighted by molar-refractivity contribution is 0.101. The van der Waals surface area contributed by atoms with Crippen molar-refractivity contribution in [1.29, 1.82) is 0 Å². The number of anilines is 1. The van der Waals surface area contributed by atoms with E-state index in [0.29, 0.717) is 53.2 Å². The molecule has 0 saturated carbocycles. The fourth-order valence-corrected chi connectivity index (χ4v) is 3.86. The zero-order valence-corrected chi connectivity index (χ0v) is 21.8. The van der Waals surface area contributed by atoms with Crippen LogP contribution in [0.1, 0.15) is 29.9 Å². The van der Waals surface area contributed by atoms with Crippen molar-refractivity contribution in [3.63, 3.8) is 0 Å². The molecular formula is C27H31N5O6. The van der Waals surface area contributed by atoms with E-state index >= 15 is 0 Å². The topological polar surface area (TPSA) is 119 Å². The number of carbonyl (C=O) groups excluding carboxylic acids is 1. The van der Waals surface area contributed by atoms with E-state index in [1.54, 1.807) is 74.9 Å². The zero-order valence-electron chi connectivity index (χ0n) is 21.8. The Kier molecular flexibility index (Phi) is 9.07. The molecule has 200 valence electrons. The summed E-state index contributed by atoms with van der Waals surface area (Å²) in [7, 11) is 4.83. The molecule has 1 aliphatic heterocycles. The Bertz CT molecular complexity index is 1350. The highest BCUT2D eigenvalue weighted by molar-refractivity contribution is 6.02. The maximum atomic E-state index is 12.8. The lowest BCUT2D eigenvalue weighted by Gasteiger charge is -2.13. The van der Waals surface area contributed by atoms with Gasteiger partial charge in [-0.25, -0.2) is 4.98 Å². The first-order chi connectivity index (χ1) is 18.6. The van der Waals surface area contributed by atoms with E-state index in [0.717, 1.165) is 18.4 Å². The molecule has 0 spiro atoms. The van der Waals surface area contributed by atoms with Crippen molar-refractivity contribution < 1.29 is 28.5 Å². The molecule has 1 aromatic carbocycles. The second-order valence-electron chi connectivity index (χ2n) is 8.22. The summed E-state index contributed by atoms with van der Waals surface area (Å²) in [6.07, 6.45) is 5.64. The van der Waals surface area contributed by atoms with Crippen LogP contribution in [0.2, 0.25) is 0 Å². The van der Waals surface area contributed by atoms with Crippen LogP contribution in [0.25, 0.3) is 10.9 Å². The Morgan fingerprint density at radius 3 is 2.50 bits per heavy atom. The van der Waals surface area contributed by atoms with Crippen molar-refractivity contribution in [2.75, 3.05) is 46.5 Å². The summed E-state index contributed by atoms with van der Waals surface area (Å²) in [5.41, 5.74) is 1.17. The molecule has 1 fully saturated rings. The number of pyridine rings is 2. The molecule has 1 saturated heterocycles. The fraction of sp³-hybridized carbons (Fsp3) is 0.333. The zero-order chi connectivity index (χ0) is 26.9. The molecule has 4 heterocycles. The number of benzene rings is 1. The summed E-state index contributed by atoms with van der Waals surface area (Å²) >= 11 is 0. The van der Waals surface area contributed by atoms with E-state index in [-0.39, 0.29) is 11.9 Å². The van der Waals surface area contributed by atoms with Crippen molar-refractivity contribution >= 4 is 22.6 Å². The fourth-order valence-electron chi connectivity index (χ4n) is 3.86. The van der Waals surface area contributed by atoms with Crippen molar-refractivity contribution in [3.05, 3.63) is 60.7 Å². The molecule has 38 heavy (non-hydrogen) atoms. The van der Waals surface area contributed by atoms with Crippen LogP contribution in [0, 0.1) is 0 Å². The Labute approximate surface area is 220 Å². The summed E-state index contributed by atoms with van der Waals surface area (Å²) in [5, 5.41) is 7.86. The molecule has 0 radical (unpaired) electrons. The van der Waals surface area contributed by atoms with E-state index in [1.807, 2.05) is 13.0 Å². The number of rotatable bonds is 8. The SMILES string of the molecule is CCOC.COc1cc2nccc(Oc3ccc(NC(=O)c4ccnn4C4CCOC4)nc3)c2cc1OC. The van der Waals surface area contributed by atoms with Crippen LogP contribution in [-0.4, -0.2) is 66.8 Å². The molecule has 5 rings (SSSR count). The second kappa shape index (κ2) is 12.8. The van der Waals surface area contributed by atoms with Gasteiger partial charge in [0.25, 0.3) is 5.91 Å². The molecule has 1 unspecified atom stereocenters. The highest BCUT2D eigenvalue weighted by atomic mass is 16.5. The van der Waals surface area contributed by atoms with Gasteiger partial charge in [0.2, 0.25) is 0 Å². The number of hydrogen-bond acceptors (Lipinski definition) is 9. The van der Waals surface area contributed by atoms with Gasteiger partial charge in [-0.05, 0) is 43.7 Å². The number of ether oxygens (including phenoxy) is 5. The normalized spacial score (nSPS) is 14.5. The van der Waals surface area contributed by atoms with Gasteiger partial charge in [0.1, 0.15) is 23.0 Å². The van der Waals surface area contributed by atoms with Crippen molar-refractivity contribution in [2.24, 2.45) is 0 Å². The predicted molar refractivity (Wildman–Crippen MR) is 141 cm³/mol. The van der Waals surface area contributed by atoms with Gasteiger partial charge in [-0.2, -0.15) is 5.10 Å². The molecule has 4 aromatic rings. The van der Waals surface area contributed by atoms with Crippen LogP contribution in [0.4, 0.5) is 5.82 Å². The van der Waals surface area contributed by atoms with Gasteiger partial charge < -0.3 is 29.0 Å². The Balaban J connectivity index is 0.000000786. The highest BCUT2D eigenvalue weighted by Crippen LogP contribution is 2.36. The second-order valence-corrected chi connectivity index (χ2v) is 8.22. The first kappa shape index (κ1) is 26.8. The smallest absolute Gasteiger partial charge is 0.275 e. The maximum absolute atomic E-state index is 12.8. The van der Waals surface area contributed by atoms with Gasteiger partial charge in [0, 0.05) is 44.2 Å². The first-order valence-electron chi connectivity index (χ1n) is 12.1. The van der Waals surface area contributed by atoms with Crippen LogP contribution >= 0.6 is 0 Å². The monoisotopic (exact) mass is 521 g/mol. The van der Waals surface area contributed by atoms with Gasteiger partial charge >= 0.3 is 0 Å². The largest absolute Gasteiger partial charge is 0.493 e. The van der Waals surface area contributed by atoms with Crippen molar-refractivity contribution in [1.82, 2.24) is 19.7 Å². The number of fused-ring (bicyclic) bond motifs is 1.